The van der Waals surface area contributed by atoms with Gasteiger partial charge in [-0.25, -0.2) is 0 Å². The minimum atomic E-state index is 0.637. The lowest BCUT2D eigenvalue weighted by Gasteiger charge is -2.08. The lowest BCUT2D eigenvalue weighted by atomic mass is 10.1. The summed E-state index contributed by atoms with van der Waals surface area (Å²) in [6.45, 7) is 0. The highest BCUT2D eigenvalue weighted by molar-refractivity contribution is 5.61. The zero-order valence-corrected chi connectivity index (χ0v) is 9.34. The van der Waals surface area contributed by atoms with E-state index < -0.39 is 0 Å². The molecule has 2 heteroatoms. The van der Waals surface area contributed by atoms with Crippen molar-refractivity contribution in [2.45, 2.75) is 31.7 Å². The largest absolute Gasteiger partial charge is 0.269 e. The Hall–Kier alpha value is -1.57. The van der Waals surface area contributed by atoms with Gasteiger partial charge in [0.15, 0.2) is 0 Å². The highest BCUT2D eigenvalue weighted by Crippen LogP contribution is 2.30. The zero-order valence-electron chi connectivity index (χ0n) is 9.34. The van der Waals surface area contributed by atoms with Crippen LogP contribution in [-0.2, 0) is 0 Å². The number of nitrogens with zero attached hydrogens (tertiary/aromatic N) is 2. The summed E-state index contributed by atoms with van der Waals surface area (Å²) in [5, 5.41) is 4.49. The molecule has 82 valence electrons. The van der Waals surface area contributed by atoms with Gasteiger partial charge in [-0.3, -0.25) is 4.68 Å². The number of hydrogen-bond donors (Lipinski definition) is 0. The monoisotopic (exact) mass is 212 g/mol. The predicted octanol–water partition coefficient (Wildman–Crippen LogP) is 3.67. The average molecular weight is 212 g/mol. The molecule has 0 saturated heterocycles. The van der Waals surface area contributed by atoms with Gasteiger partial charge in [-0.05, 0) is 18.4 Å². The van der Waals surface area contributed by atoms with Gasteiger partial charge < -0.3 is 0 Å². The van der Waals surface area contributed by atoms with Crippen molar-refractivity contribution in [1.29, 1.82) is 0 Å². The van der Waals surface area contributed by atoms with Gasteiger partial charge in [0, 0.05) is 11.8 Å². The van der Waals surface area contributed by atoms with Crippen LogP contribution in [0.5, 0.6) is 0 Å². The Morgan fingerprint density at radius 2 is 1.75 bits per heavy atom. The average Bonchev–Trinajstić information content (AvgIpc) is 3.01. The van der Waals surface area contributed by atoms with Gasteiger partial charge in [-0.15, -0.1) is 0 Å². The molecule has 1 aromatic carbocycles. The maximum absolute atomic E-state index is 4.49. The first kappa shape index (κ1) is 9.64. The van der Waals surface area contributed by atoms with Gasteiger partial charge in [0.25, 0.3) is 0 Å². The molecule has 0 radical (unpaired) electrons. The smallest absolute Gasteiger partial charge is 0.0568 e. The van der Waals surface area contributed by atoms with Crippen molar-refractivity contribution in [2.75, 3.05) is 0 Å². The van der Waals surface area contributed by atoms with Crippen LogP contribution in [0.25, 0.3) is 11.1 Å². The molecule has 0 amide bonds. The fraction of sp³-hybridized carbons (Fsp3) is 0.357. The van der Waals surface area contributed by atoms with Gasteiger partial charge in [-0.1, -0.05) is 43.2 Å². The third-order valence-corrected chi connectivity index (χ3v) is 3.41. The Morgan fingerprint density at radius 3 is 2.50 bits per heavy atom. The molecule has 1 aliphatic rings. The van der Waals surface area contributed by atoms with E-state index in [4.69, 9.17) is 0 Å². The predicted molar refractivity (Wildman–Crippen MR) is 65.2 cm³/mol. The van der Waals surface area contributed by atoms with Gasteiger partial charge in [0.1, 0.15) is 0 Å². The van der Waals surface area contributed by atoms with Crippen molar-refractivity contribution in [3.8, 4) is 11.1 Å². The summed E-state index contributed by atoms with van der Waals surface area (Å²) in [6, 6.07) is 11.1. The first-order valence-corrected chi connectivity index (χ1v) is 6.03. The van der Waals surface area contributed by atoms with E-state index in [2.05, 4.69) is 40.2 Å². The van der Waals surface area contributed by atoms with Crippen molar-refractivity contribution >= 4 is 0 Å². The molecule has 0 N–H and O–H groups in total. The Balaban J connectivity index is 1.87. The van der Waals surface area contributed by atoms with Crippen molar-refractivity contribution in [2.24, 2.45) is 0 Å². The summed E-state index contributed by atoms with van der Waals surface area (Å²) in [5.41, 5.74) is 2.49. The minimum Gasteiger partial charge on any atom is -0.269 e. The third kappa shape index (κ3) is 1.75. The van der Waals surface area contributed by atoms with Gasteiger partial charge in [-0.2, -0.15) is 5.10 Å². The summed E-state index contributed by atoms with van der Waals surface area (Å²) in [5.74, 6) is 0. The van der Waals surface area contributed by atoms with Crippen LogP contribution in [0.3, 0.4) is 0 Å². The molecule has 2 nitrogen and oxygen atoms in total. The second-order valence-electron chi connectivity index (χ2n) is 4.51. The van der Waals surface area contributed by atoms with Crippen LogP contribution < -0.4 is 0 Å². The van der Waals surface area contributed by atoms with Crippen LogP contribution in [-0.4, -0.2) is 9.78 Å². The number of hydrogen-bond acceptors (Lipinski definition) is 1. The summed E-state index contributed by atoms with van der Waals surface area (Å²) < 4.78 is 2.15. The van der Waals surface area contributed by atoms with Crippen molar-refractivity contribution in [3.63, 3.8) is 0 Å². The van der Waals surface area contributed by atoms with E-state index in [1.165, 1.54) is 36.8 Å². The highest BCUT2D eigenvalue weighted by Gasteiger charge is 2.17. The van der Waals surface area contributed by atoms with Crippen LogP contribution in [0.2, 0.25) is 0 Å². The lowest BCUT2D eigenvalue weighted by Crippen LogP contribution is -2.04. The van der Waals surface area contributed by atoms with E-state index in [-0.39, 0.29) is 0 Å². The molecule has 16 heavy (non-hydrogen) atoms. The second-order valence-corrected chi connectivity index (χ2v) is 4.51. The number of benzene rings is 1. The van der Waals surface area contributed by atoms with Crippen LogP contribution in [0, 0.1) is 0 Å². The maximum Gasteiger partial charge on any atom is 0.0568 e. The number of rotatable bonds is 2. The van der Waals surface area contributed by atoms with E-state index >= 15 is 0 Å². The Labute approximate surface area is 95.9 Å². The van der Waals surface area contributed by atoms with E-state index in [1.807, 2.05) is 12.3 Å². The first-order chi connectivity index (χ1) is 7.93. The fourth-order valence-electron chi connectivity index (χ4n) is 2.49. The molecule has 0 unspecified atom stereocenters. The molecule has 3 rings (SSSR count). The Bertz CT molecular complexity index is 453. The molecule has 0 atom stereocenters. The Kier molecular flexibility index (Phi) is 2.49. The van der Waals surface area contributed by atoms with Crippen LogP contribution in [0.4, 0.5) is 0 Å². The minimum absolute atomic E-state index is 0.637. The van der Waals surface area contributed by atoms with Gasteiger partial charge >= 0.3 is 0 Å². The van der Waals surface area contributed by atoms with Crippen molar-refractivity contribution in [1.82, 2.24) is 9.78 Å². The molecule has 2 aromatic rings. The molecule has 0 spiro atoms. The van der Waals surface area contributed by atoms with Crippen LogP contribution in [0.15, 0.2) is 42.7 Å². The second kappa shape index (κ2) is 4.12. The number of aromatic nitrogens is 2. The standard InChI is InChI=1S/C14H16N2/c1-2-6-12(7-3-1)13-10-15-16(11-13)14-8-4-5-9-14/h1-3,6-7,10-11,14H,4-5,8-9H2. The molecule has 1 heterocycles. The molecule has 0 aliphatic heterocycles. The SMILES string of the molecule is c1ccc(-c2cnn(C3CCCC3)c2)cc1. The normalized spacial score (nSPS) is 16.8. The summed E-state index contributed by atoms with van der Waals surface area (Å²) in [7, 11) is 0. The zero-order chi connectivity index (χ0) is 10.8. The molecular formula is C14H16N2. The maximum atomic E-state index is 4.49. The summed E-state index contributed by atoms with van der Waals surface area (Å²) >= 11 is 0. The van der Waals surface area contributed by atoms with E-state index in [9.17, 15) is 0 Å². The third-order valence-electron chi connectivity index (χ3n) is 3.41. The summed E-state index contributed by atoms with van der Waals surface area (Å²) in [6.07, 6.45) is 9.45. The van der Waals surface area contributed by atoms with Crippen molar-refractivity contribution in [3.05, 3.63) is 42.7 Å². The Morgan fingerprint density at radius 1 is 1.00 bits per heavy atom. The van der Waals surface area contributed by atoms with Crippen molar-refractivity contribution < 1.29 is 0 Å². The topological polar surface area (TPSA) is 17.8 Å². The molecule has 1 aliphatic carbocycles. The van der Waals surface area contributed by atoms with E-state index in [0.717, 1.165) is 0 Å². The first-order valence-electron chi connectivity index (χ1n) is 6.03. The lowest BCUT2D eigenvalue weighted by molar-refractivity contribution is 0.467. The van der Waals surface area contributed by atoms with E-state index in [0.29, 0.717) is 6.04 Å². The van der Waals surface area contributed by atoms with Crippen LogP contribution >= 0.6 is 0 Å². The molecule has 1 aromatic heterocycles. The fourth-order valence-corrected chi connectivity index (χ4v) is 2.49. The van der Waals surface area contributed by atoms with Gasteiger partial charge in [0.05, 0.1) is 12.2 Å². The highest BCUT2D eigenvalue weighted by atomic mass is 15.3. The van der Waals surface area contributed by atoms with E-state index in [1.54, 1.807) is 0 Å². The molecule has 0 bridgehead atoms. The summed E-state index contributed by atoms with van der Waals surface area (Å²) in [4.78, 5) is 0. The van der Waals surface area contributed by atoms with Crippen LogP contribution in [0.1, 0.15) is 31.7 Å². The molecule has 1 saturated carbocycles. The quantitative estimate of drug-likeness (QED) is 0.742. The molecule has 1 fully saturated rings. The van der Waals surface area contributed by atoms with Gasteiger partial charge in [0.2, 0.25) is 0 Å². The molecular weight excluding hydrogens is 196 g/mol.